The first-order chi connectivity index (χ1) is 13.0. The molecule has 2 aromatic rings. The molecule has 3 rings (SSSR count). The smallest absolute Gasteiger partial charge is 0.335 e. The van der Waals surface area contributed by atoms with Crippen LogP contribution in [0.3, 0.4) is 0 Å². The Bertz CT molecular complexity index is 838. The van der Waals surface area contributed by atoms with E-state index in [1.54, 1.807) is 12.1 Å². The molecule has 2 N–H and O–H groups in total. The molecule has 140 valence electrons. The van der Waals surface area contributed by atoms with Gasteiger partial charge in [-0.3, -0.25) is 9.59 Å². The molecular formula is C21H22N2O4. The van der Waals surface area contributed by atoms with Gasteiger partial charge in [0.25, 0.3) is 0 Å². The molecule has 0 aromatic heterocycles. The van der Waals surface area contributed by atoms with Gasteiger partial charge in [0, 0.05) is 26.1 Å². The molecule has 6 nitrogen and oxygen atoms in total. The lowest BCUT2D eigenvalue weighted by atomic mass is 10.1. The molecule has 1 heterocycles. The highest BCUT2D eigenvalue weighted by Crippen LogP contribution is 2.22. The van der Waals surface area contributed by atoms with Crippen LogP contribution in [0.1, 0.15) is 39.9 Å². The van der Waals surface area contributed by atoms with Crippen molar-refractivity contribution in [3.8, 4) is 0 Å². The van der Waals surface area contributed by atoms with Crippen molar-refractivity contribution in [1.29, 1.82) is 0 Å². The fraction of sp³-hybridized carbons (Fsp3) is 0.286. The first-order valence-electron chi connectivity index (χ1n) is 8.96. The largest absolute Gasteiger partial charge is 0.478 e. The van der Waals surface area contributed by atoms with Crippen LogP contribution in [0.15, 0.2) is 48.5 Å². The highest BCUT2D eigenvalue weighted by molar-refractivity contribution is 5.88. The summed E-state index contributed by atoms with van der Waals surface area (Å²) in [5.74, 6) is -1.10. The van der Waals surface area contributed by atoms with Crippen LogP contribution >= 0.6 is 0 Å². The summed E-state index contributed by atoms with van der Waals surface area (Å²) in [4.78, 5) is 37.1. The minimum absolute atomic E-state index is 0.0922. The second-order valence-corrected chi connectivity index (χ2v) is 6.65. The molecule has 0 saturated carbocycles. The van der Waals surface area contributed by atoms with E-state index in [2.05, 4.69) is 5.32 Å². The zero-order valence-electron chi connectivity index (χ0n) is 15.0. The van der Waals surface area contributed by atoms with Gasteiger partial charge >= 0.3 is 5.97 Å². The number of fused-ring (bicyclic) bond motifs is 1. The SMILES string of the molecule is O=C(Cc1cccc(C(=O)O)c1)NCCCC(=O)N1Cc2ccccc2C1. The maximum absolute atomic E-state index is 12.3. The number of hydrogen-bond donors (Lipinski definition) is 2. The normalized spacial score (nSPS) is 12.5. The Balaban J connectivity index is 1.38. The van der Waals surface area contributed by atoms with Crippen molar-refractivity contribution in [3.05, 3.63) is 70.8 Å². The number of nitrogens with zero attached hydrogens (tertiary/aromatic N) is 1. The van der Waals surface area contributed by atoms with Crippen molar-refractivity contribution < 1.29 is 19.5 Å². The number of amides is 2. The molecule has 0 atom stereocenters. The molecule has 27 heavy (non-hydrogen) atoms. The first-order valence-corrected chi connectivity index (χ1v) is 8.96. The summed E-state index contributed by atoms with van der Waals surface area (Å²) in [6.45, 7) is 1.73. The number of nitrogens with one attached hydrogen (secondary N) is 1. The van der Waals surface area contributed by atoms with Gasteiger partial charge < -0.3 is 15.3 Å². The van der Waals surface area contributed by atoms with Gasteiger partial charge in [-0.15, -0.1) is 0 Å². The standard InChI is InChI=1S/C21H22N2O4/c24-19(12-15-5-3-8-16(11-15)21(26)27)22-10-4-9-20(25)23-13-17-6-1-2-7-18(17)14-23/h1-3,5-8,11H,4,9-10,12-14H2,(H,22,24)(H,26,27). The summed E-state index contributed by atoms with van der Waals surface area (Å²) in [7, 11) is 0. The molecular weight excluding hydrogens is 344 g/mol. The van der Waals surface area contributed by atoms with Crippen molar-refractivity contribution in [3.63, 3.8) is 0 Å². The highest BCUT2D eigenvalue weighted by atomic mass is 16.4. The minimum atomic E-state index is -1.01. The number of carbonyl (C=O) groups excluding carboxylic acids is 2. The fourth-order valence-corrected chi connectivity index (χ4v) is 3.20. The Labute approximate surface area is 157 Å². The number of carboxylic acids is 1. The fourth-order valence-electron chi connectivity index (χ4n) is 3.20. The minimum Gasteiger partial charge on any atom is -0.478 e. The summed E-state index contributed by atoms with van der Waals surface area (Å²) >= 11 is 0. The van der Waals surface area contributed by atoms with Gasteiger partial charge in [-0.05, 0) is 35.2 Å². The molecule has 1 aliphatic rings. The van der Waals surface area contributed by atoms with E-state index in [0.29, 0.717) is 38.0 Å². The predicted octanol–water partition coefficient (Wildman–Crippen LogP) is 2.37. The van der Waals surface area contributed by atoms with Crippen LogP contribution < -0.4 is 5.32 Å². The maximum Gasteiger partial charge on any atom is 0.335 e. The molecule has 0 spiro atoms. The number of carboxylic acid groups (broad SMARTS) is 1. The van der Waals surface area contributed by atoms with Crippen molar-refractivity contribution in [2.45, 2.75) is 32.4 Å². The molecule has 2 aromatic carbocycles. The molecule has 1 aliphatic heterocycles. The Kier molecular flexibility index (Phi) is 5.86. The molecule has 0 bridgehead atoms. The summed E-state index contributed by atoms with van der Waals surface area (Å²) in [5, 5.41) is 11.8. The van der Waals surface area contributed by atoms with E-state index in [1.165, 1.54) is 23.3 Å². The number of benzene rings is 2. The zero-order chi connectivity index (χ0) is 19.2. The van der Waals surface area contributed by atoms with Crippen molar-refractivity contribution in [2.75, 3.05) is 6.54 Å². The third kappa shape index (κ3) is 4.94. The van der Waals surface area contributed by atoms with Gasteiger partial charge in [0.1, 0.15) is 0 Å². The van der Waals surface area contributed by atoms with E-state index in [4.69, 9.17) is 5.11 Å². The topological polar surface area (TPSA) is 86.7 Å². The Morgan fingerprint density at radius 3 is 2.37 bits per heavy atom. The third-order valence-corrected chi connectivity index (χ3v) is 4.62. The van der Waals surface area contributed by atoms with Gasteiger partial charge in [-0.1, -0.05) is 36.4 Å². The van der Waals surface area contributed by atoms with Gasteiger partial charge in [-0.2, -0.15) is 0 Å². The van der Waals surface area contributed by atoms with Crippen molar-refractivity contribution >= 4 is 17.8 Å². The van der Waals surface area contributed by atoms with Crippen LogP contribution in [0.2, 0.25) is 0 Å². The van der Waals surface area contributed by atoms with E-state index in [9.17, 15) is 14.4 Å². The van der Waals surface area contributed by atoms with Crippen molar-refractivity contribution in [2.24, 2.45) is 0 Å². The van der Waals surface area contributed by atoms with E-state index >= 15 is 0 Å². The van der Waals surface area contributed by atoms with E-state index in [1.807, 2.05) is 29.2 Å². The summed E-state index contributed by atoms with van der Waals surface area (Å²) in [5.41, 5.74) is 3.21. The van der Waals surface area contributed by atoms with Crippen LogP contribution in [-0.2, 0) is 29.1 Å². The molecule has 0 unspecified atom stereocenters. The molecule has 0 aliphatic carbocycles. The monoisotopic (exact) mass is 366 g/mol. The summed E-state index contributed by atoms with van der Waals surface area (Å²) in [6.07, 6.45) is 1.09. The number of carbonyl (C=O) groups is 3. The zero-order valence-corrected chi connectivity index (χ0v) is 15.0. The van der Waals surface area contributed by atoms with E-state index in [0.717, 1.165) is 0 Å². The number of hydrogen-bond acceptors (Lipinski definition) is 3. The average molecular weight is 366 g/mol. The van der Waals surface area contributed by atoms with E-state index < -0.39 is 5.97 Å². The maximum atomic E-state index is 12.3. The molecule has 0 fully saturated rings. The van der Waals surface area contributed by atoms with E-state index in [-0.39, 0.29) is 23.8 Å². The molecule has 0 saturated heterocycles. The second kappa shape index (κ2) is 8.49. The van der Waals surface area contributed by atoms with Gasteiger partial charge in [-0.25, -0.2) is 4.79 Å². The van der Waals surface area contributed by atoms with Crippen LogP contribution in [0.5, 0.6) is 0 Å². The summed E-state index contributed by atoms with van der Waals surface area (Å²) < 4.78 is 0. The lowest BCUT2D eigenvalue weighted by Crippen LogP contribution is -2.29. The second-order valence-electron chi connectivity index (χ2n) is 6.65. The predicted molar refractivity (Wildman–Crippen MR) is 100 cm³/mol. The molecule has 0 radical (unpaired) electrons. The third-order valence-electron chi connectivity index (χ3n) is 4.62. The van der Waals surface area contributed by atoms with Gasteiger partial charge in [0.15, 0.2) is 0 Å². The molecule has 6 heteroatoms. The molecule has 2 amide bonds. The highest BCUT2D eigenvalue weighted by Gasteiger charge is 2.22. The number of rotatable bonds is 7. The Hall–Kier alpha value is -3.15. The first kappa shape index (κ1) is 18.6. The van der Waals surface area contributed by atoms with Crippen LogP contribution in [-0.4, -0.2) is 34.3 Å². The average Bonchev–Trinajstić information content (AvgIpc) is 3.09. The number of aromatic carboxylic acids is 1. The van der Waals surface area contributed by atoms with Crippen LogP contribution in [0.4, 0.5) is 0 Å². The van der Waals surface area contributed by atoms with Gasteiger partial charge in [0.2, 0.25) is 11.8 Å². The summed E-state index contributed by atoms with van der Waals surface area (Å²) in [6, 6.07) is 14.4. The van der Waals surface area contributed by atoms with Crippen LogP contribution in [0, 0.1) is 0 Å². The van der Waals surface area contributed by atoms with Gasteiger partial charge in [0.05, 0.1) is 12.0 Å². The Morgan fingerprint density at radius 1 is 1.00 bits per heavy atom. The van der Waals surface area contributed by atoms with Crippen LogP contribution in [0.25, 0.3) is 0 Å². The lowest BCUT2D eigenvalue weighted by Gasteiger charge is -2.15. The quantitative estimate of drug-likeness (QED) is 0.737. The Morgan fingerprint density at radius 2 is 1.70 bits per heavy atom. The lowest BCUT2D eigenvalue weighted by molar-refractivity contribution is -0.132. The van der Waals surface area contributed by atoms with Crippen molar-refractivity contribution in [1.82, 2.24) is 10.2 Å².